The molecule has 1 spiro atoms. The number of hydrogen-bond donors (Lipinski definition) is 1. The highest BCUT2D eigenvalue weighted by molar-refractivity contribution is 5.84. The van der Waals surface area contributed by atoms with Crippen molar-refractivity contribution in [3.05, 3.63) is 39.7 Å². The fraction of sp³-hybridized carbons (Fsp3) is 0.591. The summed E-state index contributed by atoms with van der Waals surface area (Å²) in [6.07, 6.45) is 2.16. The van der Waals surface area contributed by atoms with Crippen molar-refractivity contribution in [1.82, 2.24) is 0 Å². The summed E-state index contributed by atoms with van der Waals surface area (Å²) in [5.41, 5.74) is 1.27. The number of benzene rings is 1. The summed E-state index contributed by atoms with van der Waals surface area (Å²) in [7, 11) is 1.68. The van der Waals surface area contributed by atoms with Gasteiger partial charge in [0.05, 0.1) is 11.7 Å². The molecule has 1 aromatic carbocycles. The molecule has 6 nitrogen and oxygen atoms in total. The van der Waals surface area contributed by atoms with E-state index in [0.29, 0.717) is 11.3 Å². The van der Waals surface area contributed by atoms with Crippen molar-refractivity contribution in [1.29, 1.82) is 0 Å². The Hall–Kier alpha value is -1.89. The minimum Gasteiger partial charge on any atom is -0.462 e. The van der Waals surface area contributed by atoms with Crippen LogP contribution in [-0.4, -0.2) is 36.3 Å². The fourth-order valence-corrected chi connectivity index (χ4v) is 4.93. The first-order chi connectivity index (χ1) is 13.4. The first-order valence-electron chi connectivity index (χ1n) is 9.96. The molecule has 0 amide bonds. The van der Waals surface area contributed by atoms with Crippen molar-refractivity contribution in [3.63, 3.8) is 0 Å². The largest absolute Gasteiger partial charge is 0.462 e. The zero-order valence-electron chi connectivity index (χ0n) is 16.9. The zero-order valence-corrected chi connectivity index (χ0v) is 16.9. The zero-order chi connectivity index (χ0) is 20.1. The molecule has 4 atom stereocenters. The summed E-state index contributed by atoms with van der Waals surface area (Å²) >= 11 is 0. The summed E-state index contributed by atoms with van der Waals surface area (Å²) in [6, 6.07) is 5.19. The Kier molecular flexibility index (Phi) is 4.98. The Morgan fingerprint density at radius 3 is 2.61 bits per heavy atom. The van der Waals surface area contributed by atoms with Gasteiger partial charge in [-0.15, -0.1) is 0 Å². The van der Waals surface area contributed by atoms with E-state index in [2.05, 4.69) is 0 Å². The van der Waals surface area contributed by atoms with Crippen molar-refractivity contribution in [3.8, 4) is 5.75 Å². The molecule has 152 valence electrons. The predicted octanol–water partition coefficient (Wildman–Crippen LogP) is 3.47. The van der Waals surface area contributed by atoms with Gasteiger partial charge in [-0.2, -0.15) is 0 Å². The maximum Gasteiger partial charge on any atom is 0.336 e. The maximum atomic E-state index is 11.8. The number of aliphatic hydroxyl groups is 1. The van der Waals surface area contributed by atoms with Gasteiger partial charge in [0.2, 0.25) is 6.29 Å². The van der Waals surface area contributed by atoms with E-state index in [4.69, 9.17) is 18.6 Å². The van der Waals surface area contributed by atoms with Crippen LogP contribution in [0.4, 0.5) is 0 Å². The highest BCUT2D eigenvalue weighted by Crippen LogP contribution is 2.46. The summed E-state index contributed by atoms with van der Waals surface area (Å²) in [6.45, 7) is 5.71. The Morgan fingerprint density at radius 2 is 1.93 bits per heavy atom. The summed E-state index contributed by atoms with van der Waals surface area (Å²) in [4.78, 5) is 11.8. The van der Waals surface area contributed by atoms with Crippen LogP contribution in [0.2, 0.25) is 0 Å². The molecule has 1 saturated carbocycles. The lowest BCUT2D eigenvalue weighted by Gasteiger charge is -2.49. The topological polar surface area (TPSA) is 78.1 Å². The van der Waals surface area contributed by atoms with E-state index >= 15 is 0 Å². The average Bonchev–Trinajstić information content (AvgIpc) is 3.11. The standard InChI is InChI=1S/C22H28O6/c1-12-11-17(23)27-19-13(2)16(8-7-15(12)19)26-21-18(24)14(3)20(25-4)22(28-21)9-5-6-10-22/h7-8,11,14,18,20-21,24H,5-6,9-10H2,1-4H3/t14-,18+,20+,21+/m0/s1. The smallest absolute Gasteiger partial charge is 0.336 e. The quantitative estimate of drug-likeness (QED) is 0.812. The van der Waals surface area contributed by atoms with Gasteiger partial charge in [-0.25, -0.2) is 4.79 Å². The van der Waals surface area contributed by atoms with Crippen molar-refractivity contribution in [2.75, 3.05) is 7.11 Å². The highest BCUT2D eigenvalue weighted by Gasteiger charge is 2.55. The molecule has 0 unspecified atom stereocenters. The molecule has 1 aliphatic carbocycles. The number of aliphatic hydroxyl groups excluding tert-OH is 1. The van der Waals surface area contributed by atoms with Crippen LogP contribution in [0.25, 0.3) is 11.0 Å². The Morgan fingerprint density at radius 1 is 1.21 bits per heavy atom. The van der Waals surface area contributed by atoms with Crippen LogP contribution in [0.1, 0.15) is 43.7 Å². The SMILES string of the molecule is CO[C@@H]1[C@@H](C)[C@@H](O)[C@H](Oc2ccc3c(C)cc(=O)oc3c2C)OC12CCCC2. The molecule has 1 N–H and O–H groups in total. The molecule has 28 heavy (non-hydrogen) atoms. The van der Waals surface area contributed by atoms with Gasteiger partial charge >= 0.3 is 5.63 Å². The van der Waals surface area contributed by atoms with E-state index in [-0.39, 0.29) is 17.6 Å². The second-order valence-electron chi connectivity index (χ2n) is 8.20. The molecular formula is C22H28O6. The number of ether oxygens (including phenoxy) is 3. The van der Waals surface area contributed by atoms with Crippen LogP contribution >= 0.6 is 0 Å². The van der Waals surface area contributed by atoms with E-state index in [1.54, 1.807) is 7.11 Å². The lowest BCUT2D eigenvalue weighted by atomic mass is 9.80. The molecule has 0 radical (unpaired) electrons. The minimum absolute atomic E-state index is 0.122. The maximum absolute atomic E-state index is 11.8. The van der Waals surface area contributed by atoms with E-state index in [1.165, 1.54) is 6.07 Å². The molecule has 0 bridgehead atoms. The number of methoxy groups -OCH3 is 1. The van der Waals surface area contributed by atoms with Gasteiger partial charge in [0.25, 0.3) is 0 Å². The Bertz CT molecular complexity index is 927. The molecule has 2 aromatic rings. The van der Waals surface area contributed by atoms with Crippen molar-refractivity contribution < 1.29 is 23.7 Å². The normalized spacial score (nSPS) is 29.5. The summed E-state index contributed by atoms with van der Waals surface area (Å²) in [5.74, 6) is 0.421. The summed E-state index contributed by atoms with van der Waals surface area (Å²) < 4.78 is 23.6. The van der Waals surface area contributed by atoms with Crippen LogP contribution in [0.15, 0.2) is 27.4 Å². The van der Waals surface area contributed by atoms with Gasteiger partial charge in [-0.05, 0) is 44.4 Å². The lowest BCUT2D eigenvalue weighted by molar-refractivity contribution is -0.300. The Balaban J connectivity index is 1.68. The molecule has 1 saturated heterocycles. The van der Waals surface area contributed by atoms with Crippen LogP contribution in [0.3, 0.4) is 0 Å². The molecule has 1 aromatic heterocycles. The lowest BCUT2D eigenvalue weighted by Crippen LogP contribution is -2.61. The van der Waals surface area contributed by atoms with Crippen LogP contribution in [0, 0.1) is 19.8 Å². The number of rotatable bonds is 3. The second-order valence-corrected chi connectivity index (χ2v) is 8.20. The average molecular weight is 388 g/mol. The van der Waals surface area contributed by atoms with Crippen molar-refractivity contribution >= 4 is 11.0 Å². The predicted molar refractivity (Wildman–Crippen MR) is 105 cm³/mol. The van der Waals surface area contributed by atoms with Gasteiger partial charge in [-0.1, -0.05) is 19.8 Å². The van der Waals surface area contributed by atoms with Gasteiger partial charge < -0.3 is 23.7 Å². The molecule has 2 fully saturated rings. The van der Waals surface area contributed by atoms with Crippen LogP contribution < -0.4 is 10.4 Å². The third kappa shape index (κ3) is 3.04. The van der Waals surface area contributed by atoms with E-state index in [1.807, 2.05) is 32.9 Å². The molecular weight excluding hydrogens is 360 g/mol. The van der Waals surface area contributed by atoms with E-state index in [9.17, 15) is 9.90 Å². The van der Waals surface area contributed by atoms with E-state index < -0.39 is 18.0 Å². The van der Waals surface area contributed by atoms with Crippen molar-refractivity contribution in [2.45, 2.75) is 70.6 Å². The van der Waals surface area contributed by atoms with E-state index in [0.717, 1.165) is 42.2 Å². The molecule has 1 aliphatic heterocycles. The van der Waals surface area contributed by atoms with Gasteiger partial charge in [-0.3, -0.25) is 0 Å². The van der Waals surface area contributed by atoms with Crippen LogP contribution in [-0.2, 0) is 9.47 Å². The number of aryl methyl sites for hydroxylation is 2. The highest BCUT2D eigenvalue weighted by atomic mass is 16.7. The third-order valence-electron chi connectivity index (χ3n) is 6.43. The first-order valence-corrected chi connectivity index (χ1v) is 9.96. The minimum atomic E-state index is -0.823. The molecule has 4 rings (SSSR count). The fourth-order valence-electron chi connectivity index (χ4n) is 4.93. The van der Waals surface area contributed by atoms with Gasteiger partial charge in [0, 0.05) is 30.0 Å². The monoisotopic (exact) mass is 388 g/mol. The second kappa shape index (κ2) is 7.17. The van der Waals surface area contributed by atoms with Crippen LogP contribution in [0.5, 0.6) is 5.75 Å². The van der Waals surface area contributed by atoms with Gasteiger partial charge in [0.15, 0.2) is 0 Å². The number of fused-ring (bicyclic) bond motifs is 1. The van der Waals surface area contributed by atoms with Gasteiger partial charge in [0.1, 0.15) is 17.4 Å². The molecule has 2 aliphatic rings. The molecule has 2 heterocycles. The summed E-state index contributed by atoms with van der Waals surface area (Å²) in [5, 5.41) is 11.7. The molecule has 6 heteroatoms. The first kappa shape index (κ1) is 19.4. The Labute approximate surface area is 164 Å². The van der Waals surface area contributed by atoms with Crippen molar-refractivity contribution in [2.24, 2.45) is 5.92 Å². The number of hydrogen-bond acceptors (Lipinski definition) is 6. The third-order valence-corrected chi connectivity index (χ3v) is 6.43.